The normalized spacial score (nSPS) is 12.2. The summed E-state index contributed by atoms with van der Waals surface area (Å²) in [5.41, 5.74) is 1.21. The van der Waals surface area contributed by atoms with E-state index in [9.17, 15) is 0 Å². The van der Waals surface area contributed by atoms with Crippen LogP contribution in [0.1, 0.15) is 24.4 Å². The highest BCUT2D eigenvalue weighted by Crippen LogP contribution is 2.22. The molecular weight excluding hydrogens is 358 g/mol. The van der Waals surface area contributed by atoms with Crippen LogP contribution in [0.3, 0.4) is 0 Å². The third kappa shape index (κ3) is 3.53. The molecule has 0 aliphatic carbocycles. The smallest absolute Gasteiger partial charge is 0.131 e. The minimum atomic E-state index is 0.184. The summed E-state index contributed by atoms with van der Waals surface area (Å²) in [6, 6.07) is 10.3. The van der Waals surface area contributed by atoms with Crippen molar-refractivity contribution >= 4 is 37.7 Å². The van der Waals surface area contributed by atoms with E-state index >= 15 is 0 Å². The maximum Gasteiger partial charge on any atom is 0.131 e. The minimum absolute atomic E-state index is 0.184. The molecule has 1 heterocycles. The molecule has 1 aromatic carbocycles. The van der Waals surface area contributed by atoms with E-state index < -0.39 is 0 Å². The van der Waals surface area contributed by atoms with E-state index in [0.29, 0.717) is 0 Å². The lowest BCUT2D eigenvalue weighted by Gasteiger charge is -2.15. The Morgan fingerprint density at radius 2 is 1.94 bits per heavy atom. The van der Waals surface area contributed by atoms with Crippen LogP contribution in [0.5, 0.6) is 0 Å². The maximum atomic E-state index is 4.36. The molecule has 1 atom stereocenters. The van der Waals surface area contributed by atoms with E-state index in [2.05, 4.69) is 66.2 Å². The zero-order valence-electron chi connectivity index (χ0n) is 10.1. The number of benzene rings is 1. The molecule has 0 aliphatic heterocycles. The molecule has 1 aromatic heterocycles. The number of hydrogen-bond donors (Lipinski definition) is 1. The fourth-order valence-electron chi connectivity index (χ4n) is 1.69. The zero-order chi connectivity index (χ0) is 13.1. The summed E-state index contributed by atoms with van der Waals surface area (Å²) < 4.78 is 1.87. The van der Waals surface area contributed by atoms with Crippen molar-refractivity contribution in [2.75, 3.05) is 5.32 Å². The first-order valence-electron chi connectivity index (χ1n) is 5.58. The second-order valence-corrected chi connectivity index (χ2v) is 5.77. The summed E-state index contributed by atoms with van der Waals surface area (Å²) in [6.07, 6.45) is 0. The molecule has 5 heteroatoms. The Balaban J connectivity index is 2.18. The number of halogens is 2. The molecule has 0 spiro atoms. The molecule has 94 valence electrons. The number of hydrogen-bond acceptors (Lipinski definition) is 3. The van der Waals surface area contributed by atoms with Crippen LogP contribution in [0.25, 0.3) is 0 Å². The Labute approximate surface area is 123 Å². The molecule has 0 aliphatic rings. The van der Waals surface area contributed by atoms with Crippen molar-refractivity contribution in [2.24, 2.45) is 0 Å². The van der Waals surface area contributed by atoms with Gasteiger partial charge in [0.1, 0.15) is 16.2 Å². The standard InChI is InChI=1S/C13H13Br2N3/c1-8(10-4-3-5-11(14)6-10)16-13-7-12(15)17-9(2)18-13/h3-8H,1-2H3,(H,16,17,18). The minimum Gasteiger partial charge on any atom is -0.363 e. The van der Waals surface area contributed by atoms with Crippen molar-refractivity contribution in [2.45, 2.75) is 19.9 Å². The zero-order valence-corrected chi connectivity index (χ0v) is 13.3. The summed E-state index contributed by atoms with van der Waals surface area (Å²) in [6.45, 7) is 3.98. The van der Waals surface area contributed by atoms with Gasteiger partial charge in [-0.05, 0) is 47.5 Å². The Bertz CT molecular complexity index is 537. The molecule has 0 saturated heterocycles. The Hall–Kier alpha value is -0.940. The molecule has 0 saturated carbocycles. The van der Waals surface area contributed by atoms with Crippen molar-refractivity contribution in [1.29, 1.82) is 0 Å². The highest BCUT2D eigenvalue weighted by atomic mass is 79.9. The fourth-order valence-corrected chi connectivity index (χ4v) is 2.58. The Morgan fingerprint density at radius 3 is 2.61 bits per heavy atom. The molecule has 0 bridgehead atoms. The van der Waals surface area contributed by atoms with Gasteiger partial charge in [0, 0.05) is 16.6 Å². The van der Waals surface area contributed by atoms with Gasteiger partial charge < -0.3 is 5.32 Å². The fraction of sp³-hybridized carbons (Fsp3) is 0.231. The first kappa shape index (κ1) is 13.5. The van der Waals surface area contributed by atoms with Gasteiger partial charge in [-0.2, -0.15) is 0 Å². The quantitative estimate of drug-likeness (QED) is 0.809. The first-order chi connectivity index (χ1) is 8.54. The Morgan fingerprint density at radius 1 is 1.17 bits per heavy atom. The van der Waals surface area contributed by atoms with Crippen LogP contribution in [0.15, 0.2) is 39.4 Å². The van der Waals surface area contributed by atoms with Crippen molar-refractivity contribution in [3.8, 4) is 0 Å². The first-order valence-corrected chi connectivity index (χ1v) is 7.16. The summed E-state index contributed by atoms with van der Waals surface area (Å²) in [5, 5.41) is 3.37. The van der Waals surface area contributed by atoms with Crippen LogP contribution < -0.4 is 5.32 Å². The van der Waals surface area contributed by atoms with E-state index in [0.717, 1.165) is 20.7 Å². The number of anilines is 1. The molecule has 3 nitrogen and oxygen atoms in total. The number of nitrogens with one attached hydrogen (secondary N) is 1. The van der Waals surface area contributed by atoms with Gasteiger partial charge in [-0.25, -0.2) is 9.97 Å². The molecule has 2 rings (SSSR count). The molecule has 0 radical (unpaired) electrons. The van der Waals surface area contributed by atoms with Crippen LogP contribution in [-0.2, 0) is 0 Å². The molecular formula is C13H13Br2N3. The average Bonchev–Trinajstić information content (AvgIpc) is 2.27. The van der Waals surface area contributed by atoms with Gasteiger partial charge in [0.15, 0.2) is 0 Å². The topological polar surface area (TPSA) is 37.8 Å². The van der Waals surface area contributed by atoms with Crippen LogP contribution in [0.2, 0.25) is 0 Å². The van der Waals surface area contributed by atoms with Gasteiger partial charge in [0.25, 0.3) is 0 Å². The highest BCUT2D eigenvalue weighted by Gasteiger charge is 2.07. The molecule has 1 unspecified atom stereocenters. The summed E-state index contributed by atoms with van der Waals surface area (Å²) in [5.74, 6) is 1.56. The SMILES string of the molecule is Cc1nc(Br)cc(NC(C)c2cccc(Br)c2)n1. The largest absolute Gasteiger partial charge is 0.363 e. The molecule has 1 N–H and O–H groups in total. The second-order valence-electron chi connectivity index (χ2n) is 4.04. The van der Waals surface area contributed by atoms with Crippen molar-refractivity contribution in [3.05, 3.63) is 50.8 Å². The van der Waals surface area contributed by atoms with E-state index in [-0.39, 0.29) is 6.04 Å². The van der Waals surface area contributed by atoms with Crippen molar-refractivity contribution in [3.63, 3.8) is 0 Å². The van der Waals surface area contributed by atoms with Crippen LogP contribution in [0.4, 0.5) is 5.82 Å². The van der Waals surface area contributed by atoms with Gasteiger partial charge in [0.05, 0.1) is 0 Å². The molecule has 0 fully saturated rings. The number of rotatable bonds is 3. The van der Waals surface area contributed by atoms with Crippen LogP contribution in [-0.4, -0.2) is 9.97 Å². The summed E-state index contributed by atoms with van der Waals surface area (Å²) in [4.78, 5) is 8.54. The monoisotopic (exact) mass is 369 g/mol. The lowest BCUT2D eigenvalue weighted by Crippen LogP contribution is -2.08. The number of aromatic nitrogens is 2. The van der Waals surface area contributed by atoms with E-state index in [4.69, 9.17) is 0 Å². The summed E-state index contributed by atoms with van der Waals surface area (Å²) in [7, 11) is 0. The highest BCUT2D eigenvalue weighted by molar-refractivity contribution is 9.10. The third-order valence-corrected chi connectivity index (χ3v) is 3.42. The predicted octanol–water partition coefficient (Wildman–Crippen LogP) is 4.48. The molecule has 2 aromatic rings. The van der Waals surface area contributed by atoms with E-state index in [1.54, 1.807) is 0 Å². The number of aryl methyl sites for hydroxylation is 1. The van der Waals surface area contributed by atoms with Crippen molar-refractivity contribution < 1.29 is 0 Å². The molecule has 18 heavy (non-hydrogen) atoms. The lowest BCUT2D eigenvalue weighted by molar-refractivity contribution is 0.864. The van der Waals surface area contributed by atoms with E-state index in [1.165, 1.54) is 5.56 Å². The number of nitrogens with zero attached hydrogens (tertiary/aromatic N) is 2. The molecule has 0 amide bonds. The lowest BCUT2D eigenvalue weighted by atomic mass is 10.1. The van der Waals surface area contributed by atoms with Crippen LogP contribution in [0, 0.1) is 6.92 Å². The van der Waals surface area contributed by atoms with Gasteiger partial charge in [-0.15, -0.1) is 0 Å². The van der Waals surface area contributed by atoms with E-state index in [1.807, 2.05) is 25.1 Å². The van der Waals surface area contributed by atoms with Gasteiger partial charge in [-0.1, -0.05) is 28.1 Å². The third-order valence-electron chi connectivity index (χ3n) is 2.52. The van der Waals surface area contributed by atoms with Crippen molar-refractivity contribution in [1.82, 2.24) is 9.97 Å². The van der Waals surface area contributed by atoms with Gasteiger partial charge in [0.2, 0.25) is 0 Å². The Kier molecular flexibility index (Phi) is 4.35. The maximum absolute atomic E-state index is 4.36. The predicted molar refractivity (Wildman–Crippen MR) is 80.6 cm³/mol. The van der Waals surface area contributed by atoms with Gasteiger partial charge >= 0.3 is 0 Å². The second kappa shape index (κ2) is 5.80. The summed E-state index contributed by atoms with van der Waals surface area (Å²) >= 11 is 6.85. The average molecular weight is 371 g/mol. The van der Waals surface area contributed by atoms with Gasteiger partial charge in [-0.3, -0.25) is 0 Å². The van der Waals surface area contributed by atoms with Crippen LogP contribution >= 0.6 is 31.9 Å².